The highest BCUT2D eigenvalue weighted by Gasteiger charge is 2.21. The van der Waals surface area contributed by atoms with E-state index in [2.05, 4.69) is 48.3 Å². The van der Waals surface area contributed by atoms with Gasteiger partial charge in [0, 0.05) is 12.5 Å². The molecule has 0 N–H and O–H groups in total. The monoisotopic (exact) mass is 292 g/mol. The number of imidazole rings is 1. The maximum atomic E-state index is 4.43. The zero-order valence-electron chi connectivity index (χ0n) is 6.85. The molecule has 2 nitrogen and oxygen atoms in total. The van der Waals surface area contributed by atoms with Crippen LogP contribution in [0.15, 0.2) is 9.21 Å². The molecule has 0 aliphatic carbocycles. The lowest BCUT2D eigenvalue weighted by molar-refractivity contribution is 0.420. The van der Waals surface area contributed by atoms with Gasteiger partial charge in [0.1, 0.15) is 15.0 Å². The fourth-order valence-electron chi connectivity index (χ4n) is 1.73. The molecule has 1 atom stereocenters. The highest BCUT2D eigenvalue weighted by Crippen LogP contribution is 2.33. The van der Waals surface area contributed by atoms with Crippen LogP contribution in [-0.2, 0) is 6.42 Å². The van der Waals surface area contributed by atoms with Crippen LogP contribution in [0.2, 0.25) is 0 Å². The van der Waals surface area contributed by atoms with E-state index in [0.717, 1.165) is 15.6 Å². The van der Waals surface area contributed by atoms with Crippen LogP contribution in [0.5, 0.6) is 0 Å². The first-order valence-corrected chi connectivity index (χ1v) is 5.71. The minimum Gasteiger partial charge on any atom is -0.319 e. The molecule has 0 bridgehead atoms. The third-order valence-electron chi connectivity index (χ3n) is 2.35. The molecule has 1 aliphatic rings. The first kappa shape index (κ1) is 8.75. The molecule has 1 aliphatic heterocycles. The van der Waals surface area contributed by atoms with E-state index in [1.165, 1.54) is 18.7 Å². The van der Waals surface area contributed by atoms with Crippen LogP contribution in [0.1, 0.15) is 31.6 Å². The summed E-state index contributed by atoms with van der Waals surface area (Å²) < 4.78 is 4.30. The molecule has 0 amide bonds. The lowest BCUT2D eigenvalue weighted by Crippen LogP contribution is -2.15. The average molecular weight is 294 g/mol. The third-order valence-corrected chi connectivity index (χ3v) is 4.19. The maximum Gasteiger partial charge on any atom is 0.139 e. The number of aryl methyl sites for hydroxylation is 1. The molecule has 1 unspecified atom stereocenters. The van der Waals surface area contributed by atoms with E-state index in [4.69, 9.17) is 0 Å². The van der Waals surface area contributed by atoms with Crippen molar-refractivity contribution in [2.24, 2.45) is 0 Å². The van der Waals surface area contributed by atoms with Crippen LogP contribution in [0.3, 0.4) is 0 Å². The lowest BCUT2D eigenvalue weighted by Gasteiger charge is -2.22. The van der Waals surface area contributed by atoms with Crippen molar-refractivity contribution >= 4 is 31.9 Å². The summed E-state index contributed by atoms with van der Waals surface area (Å²) in [4.78, 5) is 4.43. The molecule has 1 aromatic heterocycles. The average Bonchev–Trinajstić information content (AvgIpc) is 2.29. The van der Waals surface area contributed by atoms with Gasteiger partial charge in [-0.2, -0.15) is 0 Å². The van der Waals surface area contributed by atoms with Crippen molar-refractivity contribution in [2.75, 3.05) is 0 Å². The molecule has 0 radical (unpaired) electrons. The second-order valence-corrected chi connectivity index (χ2v) is 4.72. The molecule has 2 heterocycles. The van der Waals surface area contributed by atoms with Crippen molar-refractivity contribution in [3.05, 3.63) is 15.0 Å². The highest BCUT2D eigenvalue weighted by molar-refractivity contribution is 9.13. The van der Waals surface area contributed by atoms with Gasteiger partial charge in [0.05, 0.1) is 0 Å². The first-order chi connectivity index (χ1) is 5.70. The molecule has 0 fully saturated rings. The van der Waals surface area contributed by atoms with Gasteiger partial charge in [0.15, 0.2) is 0 Å². The summed E-state index contributed by atoms with van der Waals surface area (Å²) in [6, 6.07) is 0.585. The van der Waals surface area contributed by atoms with Gasteiger partial charge in [-0.25, -0.2) is 4.98 Å². The van der Waals surface area contributed by atoms with Crippen molar-refractivity contribution in [3.8, 4) is 0 Å². The summed E-state index contributed by atoms with van der Waals surface area (Å²) >= 11 is 6.95. The predicted molar refractivity (Wildman–Crippen MR) is 55.3 cm³/mol. The highest BCUT2D eigenvalue weighted by atomic mass is 79.9. The number of hydrogen-bond acceptors (Lipinski definition) is 1. The Balaban J connectivity index is 2.54. The van der Waals surface area contributed by atoms with Gasteiger partial charge in [0.2, 0.25) is 0 Å². The van der Waals surface area contributed by atoms with Crippen LogP contribution in [-0.4, -0.2) is 9.55 Å². The Bertz CT molecular complexity index is 306. The number of nitrogens with zero attached hydrogens (tertiary/aromatic N) is 2. The van der Waals surface area contributed by atoms with Gasteiger partial charge >= 0.3 is 0 Å². The Labute approximate surface area is 88.6 Å². The lowest BCUT2D eigenvalue weighted by atomic mass is 10.1. The molecule has 2 rings (SSSR count). The van der Waals surface area contributed by atoms with Crippen LogP contribution in [0.4, 0.5) is 0 Å². The second kappa shape index (κ2) is 3.14. The largest absolute Gasteiger partial charge is 0.319 e. The minimum atomic E-state index is 0.585. The molecular weight excluding hydrogens is 284 g/mol. The van der Waals surface area contributed by atoms with E-state index in [1.807, 2.05) is 0 Å². The smallest absolute Gasteiger partial charge is 0.139 e. The fourth-order valence-corrected chi connectivity index (χ4v) is 2.77. The zero-order valence-corrected chi connectivity index (χ0v) is 10.0. The Kier molecular flexibility index (Phi) is 2.29. The summed E-state index contributed by atoms with van der Waals surface area (Å²) in [6.07, 6.45) is 3.62. The minimum absolute atomic E-state index is 0.585. The molecule has 0 saturated carbocycles. The number of rotatable bonds is 0. The predicted octanol–water partition coefficient (Wildman–Crippen LogP) is 3.31. The fraction of sp³-hybridized carbons (Fsp3) is 0.625. The van der Waals surface area contributed by atoms with Gasteiger partial charge < -0.3 is 4.57 Å². The van der Waals surface area contributed by atoms with Crippen molar-refractivity contribution in [2.45, 2.75) is 32.2 Å². The first-order valence-electron chi connectivity index (χ1n) is 4.12. The van der Waals surface area contributed by atoms with Crippen molar-refractivity contribution in [1.29, 1.82) is 0 Å². The molecule has 0 aromatic carbocycles. The Morgan fingerprint density at radius 1 is 1.50 bits per heavy atom. The van der Waals surface area contributed by atoms with Gasteiger partial charge in [-0.3, -0.25) is 0 Å². The Morgan fingerprint density at radius 2 is 2.25 bits per heavy atom. The third kappa shape index (κ3) is 1.25. The molecular formula is C8H10Br2N2. The summed E-state index contributed by atoms with van der Waals surface area (Å²) in [6.45, 7) is 2.24. The van der Waals surface area contributed by atoms with Gasteiger partial charge in [-0.05, 0) is 51.6 Å². The zero-order chi connectivity index (χ0) is 8.72. The second-order valence-electron chi connectivity index (χ2n) is 3.22. The van der Waals surface area contributed by atoms with E-state index in [0.29, 0.717) is 6.04 Å². The van der Waals surface area contributed by atoms with Crippen molar-refractivity contribution in [3.63, 3.8) is 0 Å². The standard InChI is InChI=1S/C8H10Br2N2/c1-5-3-2-4-6-11-7(9)8(10)12(5)6/h5H,2-4H2,1H3. The van der Waals surface area contributed by atoms with E-state index in [1.54, 1.807) is 0 Å². The van der Waals surface area contributed by atoms with Gasteiger partial charge in [0.25, 0.3) is 0 Å². The topological polar surface area (TPSA) is 17.8 Å². The SMILES string of the molecule is CC1CCCc2nc(Br)c(Br)n21. The van der Waals surface area contributed by atoms with Crippen LogP contribution >= 0.6 is 31.9 Å². The van der Waals surface area contributed by atoms with E-state index in [9.17, 15) is 0 Å². The number of fused-ring (bicyclic) bond motifs is 1. The van der Waals surface area contributed by atoms with Crippen molar-refractivity contribution < 1.29 is 0 Å². The number of halogens is 2. The summed E-state index contributed by atoms with van der Waals surface area (Å²) in [5.41, 5.74) is 0. The quantitative estimate of drug-likeness (QED) is 0.718. The normalized spacial score (nSPS) is 22.4. The Morgan fingerprint density at radius 3 is 2.92 bits per heavy atom. The molecule has 12 heavy (non-hydrogen) atoms. The summed E-state index contributed by atoms with van der Waals surface area (Å²) in [5.74, 6) is 1.20. The molecule has 4 heteroatoms. The van der Waals surface area contributed by atoms with Gasteiger partial charge in [-0.1, -0.05) is 0 Å². The van der Waals surface area contributed by atoms with E-state index < -0.39 is 0 Å². The Hall–Kier alpha value is 0.170. The van der Waals surface area contributed by atoms with Gasteiger partial charge in [-0.15, -0.1) is 0 Å². The van der Waals surface area contributed by atoms with E-state index >= 15 is 0 Å². The van der Waals surface area contributed by atoms with Crippen LogP contribution in [0.25, 0.3) is 0 Å². The molecule has 0 spiro atoms. The summed E-state index contributed by atoms with van der Waals surface area (Å²) in [7, 11) is 0. The number of hydrogen-bond donors (Lipinski definition) is 0. The van der Waals surface area contributed by atoms with Crippen LogP contribution in [0, 0.1) is 0 Å². The molecule has 0 saturated heterocycles. The summed E-state index contributed by atoms with van der Waals surface area (Å²) in [5, 5.41) is 0. The van der Waals surface area contributed by atoms with Crippen LogP contribution < -0.4 is 0 Å². The van der Waals surface area contributed by atoms with E-state index in [-0.39, 0.29) is 0 Å². The molecule has 1 aromatic rings. The maximum absolute atomic E-state index is 4.43. The van der Waals surface area contributed by atoms with Crippen molar-refractivity contribution in [1.82, 2.24) is 9.55 Å². The molecule has 66 valence electrons. The number of aromatic nitrogens is 2.